The van der Waals surface area contributed by atoms with Crippen LogP contribution in [0.25, 0.3) is 0 Å². The lowest BCUT2D eigenvalue weighted by Gasteiger charge is -2.14. The monoisotopic (exact) mass is 277 g/mol. The van der Waals surface area contributed by atoms with Gasteiger partial charge in [0.25, 0.3) is 0 Å². The number of anilines is 1. The van der Waals surface area contributed by atoms with Crippen LogP contribution >= 0.6 is 11.6 Å². The number of aromatic nitrogens is 2. The summed E-state index contributed by atoms with van der Waals surface area (Å²) in [6, 6.07) is 6.07. The normalized spacial score (nSPS) is 10.8. The fourth-order valence-electron chi connectivity index (χ4n) is 1.75. The number of nitrogens with two attached hydrogens (primary N) is 1. The van der Waals surface area contributed by atoms with Crippen molar-refractivity contribution in [2.75, 3.05) is 5.73 Å². The van der Waals surface area contributed by atoms with Gasteiger partial charge in [0.05, 0.1) is 6.20 Å². The summed E-state index contributed by atoms with van der Waals surface area (Å²) < 4.78 is 5.80. The topological polar surface area (TPSA) is 61.0 Å². The van der Waals surface area contributed by atoms with E-state index in [1.165, 1.54) is 6.20 Å². The van der Waals surface area contributed by atoms with Gasteiger partial charge in [0, 0.05) is 0 Å². The summed E-state index contributed by atoms with van der Waals surface area (Å²) in [5.41, 5.74) is 8.36. The number of aryl methyl sites for hydroxylation is 1. The molecule has 0 saturated carbocycles. The van der Waals surface area contributed by atoms with Crippen molar-refractivity contribution in [1.29, 1.82) is 0 Å². The Morgan fingerprint density at radius 3 is 2.74 bits per heavy atom. The first kappa shape index (κ1) is 13.6. The molecule has 19 heavy (non-hydrogen) atoms. The lowest BCUT2D eigenvalue weighted by molar-refractivity contribution is 0.455. The maximum absolute atomic E-state index is 5.80. The summed E-state index contributed by atoms with van der Waals surface area (Å²) in [4.78, 5) is 7.81. The molecule has 0 amide bonds. The fraction of sp³-hybridized carbons (Fsp3) is 0.286. The Balaban J connectivity index is 2.42. The molecular weight excluding hydrogens is 262 g/mol. The van der Waals surface area contributed by atoms with E-state index in [0.717, 1.165) is 16.9 Å². The number of rotatable bonds is 3. The summed E-state index contributed by atoms with van der Waals surface area (Å²) in [5, 5.41) is 0.114. The van der Waals surface area contributed by atoms with E-state index in [1.54, 1.807) is 0 Å². The summed E-state index contributed by atoms with van der Waals surface area (Å²) in [5.74, 6) is 1.37. The molecule has 4 nitrogen and oxygen atoms in total. The zero-order chi connectivity index (χ0) is 14.0. The minimum Gasteiger partial charge on any atom is -0.437 e. The van der Waals surface area contributed by atoms with Gasteiger partial charge < -0.3 is 10.5 Å². The van der Waals surface area contributed by atoms with Crippen molar-refractivity contribution in [3.05, 3.63) is 40.8 Å². The zero-order valence-corrected chi connectivity index (χ0v) is 11.9. The third-order valence-electron chi connectivity index (χ3n) is 2.75. The van der Waals surface area contributed by atoms with Gasteiger partial charge in [0.1, 0.15) is 11.4 Å². The largest absolute Gasteiger partial charge is 0.437 e. The van der Waals surface area contributed by atoms with Crippen LogP contribution in [0.4, 0.5) is 5.69 Å². The van der Waals surface area contributed by atoms with Gasteiger partial charge in [0.2, 0.25) is 11.2 Å². The second kappa shape index (κ2) is 5.45. The molecule has 0 aliphatic heterocycles. The van der Waals surface area contributed by atoms with E-state index in [-0.39, 0.29) is 11.2 Å². The predicted octanol–water partition coefficient (Wildman–Crippen LogP) is 3.94. The van der Waals surface area contributed by atoms with Crippen LogP contribution in [-0.2, 0) is 0 Å². The molecule has 0 radical (unpaired) electrons. The number of nitrogens with zero attached hydrogens (tertiary/aromatic N) is 2. The maximum atomic E-state index is 5.80. The summed E-state index contributed by atoms with van der Waals surface area (Å²) in [6.07, 6.45) is 1.44. The quantitative estimate of drug-likeness (QED) is 0.863. The summed E-state index contributed by atoms with van der Waals surface area (Å²) in [7, 11) is 0. The van der Waals surface area contributed by atoms with Gasteiger partial charge >= 0.3 is 0 Å². The van der Waals surface area contributed by atoms with Crippen molar-refractivity contribution in [3.8, 4) is 11.6 Å². The molecule has 1 aromatic carbocycles. The van der Waals surface area contributed by atoms with E-state index in [1.807, 2.05) is 19.1 Å². The van der Waals surface area contributed by atoms with Gasteiger partial charge in [-0.1, -0.05) is 26.0 Å². The Morgan fingerprint density at radius 2 is 2.05 bits per heavy atom. The Morgan fingerprint density at radius 1 is 1.32 bits per heavy atom. The van der Waals surface area contributed by atoms with E-state index in [4.69, 9.17) is 22.1 Å². The van der Waals surface area contributed by atoms with Crippen LogP contribution in [0.2, 0.25) is 5.28 Å². The minimum absolute atomic E-state index is 0.114. The first-order valence-corrected chi connectivity index (χ1v) is 6.41. The Labute approximate surface area is 117 Å². The van der Waals surface area contributed by atoms with E-state index in [9.17, 15) is 0 Å². The summed E-state index contributed by atoms with van der Waals surface area (Å²) in [6.45, 7) is 6.22. The highest BCUT2D eigenvalue weighted by Gasteiger charge is 2.12. The van der Waals surface area contributed by atoms with Crippen molar-refractivity contribution in [2.24, 2.45) is 0 Å². The van der Waals surface area contributed by atoms with Crippen LogP contribution in [-0.4, -0.2) is 9.97 Å². The average Bonchev–Trinajstić information content (AvgIpc) is 2.33. The molecule has 0 spiro atoms. The molecule has 0 saturated heterocycles. The Hall–Kier alpha value is -1.81. The van der Waals surface area contributed by atoms with Gasteiger partial charge in [-0.15, -0.1) is 0 Å². The fourth-order valence-corrected chi connectivity index (χ4v) is 1.87. The molecule has 0 fully saturated rings. The molecule has 2 N–H and O–H groups in total. The van der Waals surface area contributed by atoms with Crippen molar-refractivity contribution in [2.45, 2.75) is 26.7 Å². The van der Waals surface area contributed by atoms with Gasteiger partial charge in [-0.2, -0.15) is 4.98 Å². The number of nitrogen functional groups attached to an aromatic ring is 1. The second-order valence-electron chi connectivity index (χ2n) is 4.70. The number of hydrogen-bond donors (Lipinski definition) is 1. The van der Waals surface area contributed by atoms with Crippen molar-refractivity contribution in [1.82, 2.24) is 9.97 Å². The van der Waals surface area contributed by atoms with Crippen LogP contribution in [0.3, 0.4) is 0 Å². The average molecular weight is 278 g/mol. The highest BCUT2D eigenvalue weighted by atomic mass is 35.5. The van der Waals surface area contributed by atoms with Crippen molar-refractivity contribution >= 4 is 17.3 Å². The van der Waals surface area contributed by atoms with E-state index >= 15 is 0 Å². The SMILES string of the molecule is Cc1ccc(C(C)C)c(Oc2nc(Cl)ncc2N)c1. The van der Waals surface area contributed by atoms with E-state index in [2.05, 4.69) is 29.9 Å². The standard InChI is InChI=1S/C14H16ClN3O/c1-8(2)10-5-4-9(3)6-12(10)19-13-11(16)7-17-14(15)18-13/h4-8H,16H2,1-3H3. The Bertz CT molecular complexity index is 599. The molecule has 0 atom stereocenters. The molecule has 0 bridgehead atoms. The second-order valence-corrected chi connectivity index (χ2v) is 5.04. The highest BCUT2D eigenvalue weighted by molar-refractivity contribution is 6.28. The first-order valence-electron chi connectivity index (χ1n) is 6.04. The number of halogens is 1. The van der Waals surface area contributed by atoms with E-state index in [0.29, 0.717) is 11.6 Å². The smallest absolute Gasteiger partial charge is 0.247 e. The van der Waals surface area contributed by atoms with Gasteiger partial charge in [0.15, 0.2) is 0 Å². The molecule has 1 aromatic heterocycles. The lowest BCUT2D eigenvalue weighted by atomic mass is 10.0. The predicted molar refractivity (Wildman–Crippen MR) is 76.8 cm³/mol. The van der Waals surface area contributed by atoms with Gasteiger partial charge in [-0.3, -0.25) is 0 Å². The number of benzene rings is 1. The highest BCUT2D eigenvalue weighted by Crippen LogP contribution is 2.32. The molecule has 2 aromatic rings. The molecule has 0 aliphatic carbocycles. The van der Waals surface area contributed by atoms with Crippen molar-refractivity contribution in [3.63, 3.8) is 0 Å². The van der Waals surface area contributed by atoms with Crippen LogP contribution in [0.15, 0.2) is 24.4 Å². The molecule has 2 rings (SSSR count). The van der Waals surface area contributed by atoms with Gasteiger partial charge in [-0.05, 0) is 41.6 Å². The third-order valence-corrected chi connectivity index (χ3v) is 2.93. The van der Waals surface area contributed by atoms with Gasteiger partial charge in [-0.25, -0.2) is 4.98 Å². The lowest BCUT2D eigenvalue weighted by Crippen LogP contribution is -2.00. The molecule has 0 unspecified atom stereocenters. The van der Waals surface area contributed by atoms with Crippen LogP contribution in [0.5, 0.6) is 11.6 Å². The Kier molecular flexibility index (Phi) is 3.90. The van der Waals surface area contributed by atoms with Crippen molar-refractivity contribution < 1.29 is 4.74 Å². The molecule has 1 heterocycles. The third kappa shape index (κ3) is 3.15. The number of ether oxygens (including phenoxy) is 1. The van der Waals surface area contributed by atoms with Crippen LogP contribution in [0, 0.1) is 6.92 Å². The van der Waals surface area contributed by atoms with E-state index < -0.39 is 0 Å². The number of hydrogen-bond acceptors (Lipinski definition) is 4. The maximum Gasteiger partial charge on any atom is 0.247 e. The summed E-state index contributed by atoms with van der Waals surface area (Å²) >= 11 is 5.76. The molecule has 0 aliphatic rings. The first-order chi connectivity index (χ1) is 8.97. The molecule has 100 valence electrons. The minimum atomic E-state index is 0.114. The molecule has 5 heteroatoms. The molecular formula is C14H16ClN3O. The van der Waals surface area contributed by atoms with Crippen LogP contribution < -0.4 is 10.5 Å². The van der Waals surface area contributed by atoms with Crippen LogP contribution in [0.1, 0.15) is 30.9 Å². The zero-order valence-electron chi connectivity index (χ0n) is 11.1.